The lowest BCUT2D eigenvalue weighted by atomic mass is 10.2. The molecule has 0 aliphatic carbocycles. The first-order chi connectivity index (χ1) is 11.8. The maximum atomic E-state index is 12.7. The fraction of sp³-hybridized carbons (Fsp3) is 0.0625. The third-order valence-electron chi connectivity index (χ3n) is 2.82. The molecular weight excluding hydrogens is 339 g/mol. The highest BCUT2D eigenvalue weighted by molar-refractivity contribution is 5.95. The molecule has 1 aromatic heterocycles. The molecule has 0 saturated heterocycles. The van der Waals surface area contributed by atoms with Crippen molar-refractivity contribution in [3.05, 3.63) is 66.4 Å². The Labute approximate surface area is 140 Å². The molecule has 2 aromatic rings. The van der Waals surface area contributed by atoms with E-state index in [0.717, 1.165) is 18.2 Å². The molecule has 0 atom stereocenters. The summed E-state index contributed by atoms with van der Waals surface area (Å²) in [6.07, 6.45) is -3.54. The molecule has 2 rings (SSSR count). The fourth-order valence-corrected chi connectivity index (χ4v) is 1.69. The second kappa shape index (κ2) is 7.47. The highest BCUT2D eigenvalue weighted by Crippen LogP contribution is 2.32. The minimum absolute atomic E-state index is 0.0815. The third kappa shape index (κ3) is 5.06. The number of halogens is 3. The summed E-state index contributed by atoms with van der Waals surface area (Å²) in [5, 5.41) is 0. The van der Waals surface area contributed by atoms with E-state index in [-0.39, 0.29) is 17.3 Å². The van der Waals surface area contributed by atoms with Crippen LogP contribution < -0.4 is 15.6 Å². The van der Waals surface area contributed by atoms with E-state index in [4.69, 9.17) is 4.74 Å². The molecule has 9 heteroatoms. The lowest BCUT2D eigenvalue weighted by Crippen LogP contribution is -2.41. The average Bonchev–Trinajstić information content (AvgIpc) is 2.59. The largest absolute Gasteiger partial charge is 0.439 e. The number of hydrogen-bond acceptors (Lipinski definition) is 4. The molecule has 1 aromatic carbocycles. The zero-order valence-corrected chi connectivity index (χ0v) is 12.6. The highest BCUT2D eigenvalue weighted by atomic mass is 19.4. The van der Waals surface area contributed by atoms with Gasteiger partial charge in [-0.2, -0.15) is 13.2 Å². The molecule has 130 valence electrons. The molecule has 0 unspecified atom stereocenters. The van der Waals surface area contributed by atoms with E-state index in [1.54, 1.807) is 0 Å². The summed E-state index contributed by atoms with van der Waals surface area (Å²) < 4.78 is 43.3. The van der Waals surface area contributed by atoms with Gasteiger partial charge in [0.2, 0.25) is 5.88 Å². The van der Waals surface area contributed by atoms with Crippen LogP contribution in [0.3, 0.4) is 0 Å². The first-order valence-electron chi connectivity index (χ1n) is 6.84. The lowest BCUT2D eigenvalue weighted by molar-refractivity contribution is -0.137. The SMILES string of the molecule is C=CC(=O)NNC(=O)c1cccc(Oc2cccc(C(F)(F)F)c2)n1. The Kier molecular flexibility index (Phi) is 5.38. The minimum Gasteiger partial charge on any atom is -0.439 e. The van der Waals surface area contributed by atoms with Crippen molar-refractivity contribution in [2.24, 2.45) is 0 Å². The predicted molar refractivity (Wildman–Crippen MR) is 81.6 cm³/mol. The van der Waals surface area contributed by atoms with Gasteiger partial charge in [0.15, 0.2) is 0 Å². The Morgan fingerprint density at radius 1 is 1.12 bits per heavy atom. The van der Waals surface area contributed by atoms with Crippen LogP contribution in [0.5, 0.6) is 11.6 Å². The maximum absolute atomic E-state index is 12.7. The van der Waals surface area contributed by atoms with Crippen molar-refractivity contribution in [2.45, 2.75) is 6.18 Å². The van der Waals surface area contributed by atoms with Gasteiger partial charge in [-0.25, -0.2) is 4.98 Å². The van der Waals surface area contributed by atoms with Crippen molar-refractivity contribution in [1.82, 2.24) is 15.8 Å². The van der Waals surface area contributed by atoms with E-state index in [9.17, 15) is 22.8 Å². The summed E-state index contributed by atoms with van der Waals surface area (Å²) in [6, 6.07) is 8.40. The maximum Gasteiger partial charge on any atom is 0.416 e. The van der Waals surface area contributed by atoms with Crippen LogP contribution in [0, 0.1) is 0 Å². The normalized spacial score (nSPS) is 10.7. The quantitative estimate of drug-likeness (QED) is 0.656. The summed E-state index contributed by atoms with van der Waals surface area (Å²) in [7, 11) is 0. The lowest BCUT2D eigenvalue weighted by Gasteiger charge is -2.10. The second-order valence-corrected chi connectivity index (χ2v) is 4.64. The number of pyridine rings is 1. The number of benzene rings is 1. The zero-order valence-electron chi connectivity index (χ0n) is 12.6. The van der Waals surface area contributed by atoms with E-state index in [0.29, 0.717) is 0 Å². The van der Waals surface area contributed by atoms with Crippen LogP contribution in [0.25, 0.3) is 0 Å². The third-order valence-corrected chi connectivity index (χ3v) is 2.82. The molecule has 6 nitrogen and oxygen atoms in total. The summed E-state index contributed by atoms with van der Waals surface area (Å²) in [6.45, 7) is 3.22. The number of nitrogens with zero attached hydrogens (tertiary/aromatic N) is 1. The Morgan fingerprint density at radius 3 is 2.52 bits per heavy atom. The zero-order chi connectivity index (χ0) is 18.4. The van der Waals surface area contributed by atoms with E-state index in [1.165, 1.54) is 30.3 Å². The Balaban J connectivity index is 2.13. The summed E-state index contributed by atoms with van der Waals surface area (Å²) >= 11 is 0. The van der Waals surface area contributed by atoms with Crippen LogP contribution in [0.1, 0.15) is 16.1 Å². The van der Waals surface area contributed by atoms with Gasteiger partial charge < -0.3 is 4.74 Å². The van der Waals surface area contributed by atoms with Crippen molar-refractivity contribution >= 4 is 11.8 Å². The van der Waals surface area contributed by atoms with Gasteiger partial charge in [0.05, 0.1) is 5.56 Å². The first kappa shape index (κ1) is 18.0. The number of rotatable bonds is 4. The van der Waals surface area contributed by atoms with Crippen LogP contribution in [0.2, 0.25) is 0 Å². The number of nitrogens with one attached hydrogen (secondary N) is 2. The van der Waals surface area contributed by atoms with Crippen LogP contribution in [-0.4, -0.2) is 16.8 Å². The molecule has 0 spiro atoms. The van der Waals surface area contributed by atoms with E-state index < -0.39 is 23.6 Å². The molecule has 0 radical (unpaired) electrons. The van der Waals surface area contributed by atoms with Gasteiger partial charge in [-0.1, -0.05) is 18.7 Å². The molecule has 25 heavy (non-hydrogen) atoms. The van der Waals surface area contributed by atoms with Gasteiger partial charge in [-0.05, 0) is 30.3 Å². The molecule has 0 fully saturated rings. The van der Waals surface area contributed by atoms with E-state index in [1.807, 2.05) is 0 Å². The topological polar surface area (TPSA) is 80.3 Å². The number of ether oxygens (including phenoxy) is 1. The number of hydrogen-bond donors (Lipinski definition) is 2. The van der Waals surface area contributed by atoms with Crippen molar-refractivity contribution in [3.8, 4) is 11.6 Å². The number of hydrazine groups is 1. The number of amides is 2. The summed E-state index contributed by atoms with van der Waals surface area (Å²) in [5.74, 6) is -1.52. The molecule has 1 heterocycles. The Hall–Kier alpha value is -3.36. The Bertz CT molecular complexity index is 806. The highest BCUT2D eigenvalue weighted by Gasteiger charge is 2.30. The fourth-order valence-electron chi connectivity index (χ4n) is 1.69. The van der Waals surface area contributed by atoms with E-state index >= 15 is 0 Å². The Morgan fingerprint density at radius 2 is 1.84 bits per heavy atom. The number of carbonyl (C=O) groups excluding carboxylic acids is 2. The van der Waals surface area contributed by atoms with Crippen molar-refractivity contribution < 1.29 is 27.5 Å². The van der Waals surface area contributed by atoms with Crippen LogP contribution in [0.4, 0.5) is 13.2 Å². The standard InChI is InChI=1S/C16H12F3N3O3/c1-2-13(23)21-22-15(24)12-7-4-8-14(20-12)25-11-6-3-5-10(9-11)16(17,18)19/h2-9H,1H2,(H,21,23)(H,22,24). The predicted octanol–water partition coefficient (Wildman–Crippen LogP) is 2.84. The van der Waals surface area contributed by atoms with Gasteiger partial charge in [0, 0.05) is 6.07 Å². The molecule has 0 aliphatic heterocycles. The van der Waals surface area contributed by atoms with Crippen LogP contribution in [0.15, 0.2) is 55.1 Å². The molecule has 0 bridgehead atoms. The van der Waals surface area contributed by atoms with Gasteiger partial charge in [-0.3, -0.25) is 20.4 Å². The van der Waals surface area contributed by atoms with Gasteiger partial charge in [0.25, 0.3) is 11.8 Å². The van der Waals surface area contributed by atoms with Crippen molar-refractivity contribution in [2.75, 3.05) is 0 Å². The first-order valence-corrected chi connectivity index (χ1v) is 6.84. The van der Waals surface area contributed by atoms with Crippen LogP contribution >= 0.6 is 0 Å². The van der Waals surface area contributed by atoms with Gasteiger partial charge >= 0.3 is 6.18 Å². The molecule has 2 amide bonds. The minimum atomic E-state index is -4.50. The van der Waals surface area contributed by atoms with Crippen LogP contribution in [-0.2, 0) is 11.0 Å². The summed E-state index contributed by atoms with van der Waals surface area (Å²) in [4.78, 5) is 26.7. The monoisotopic (exact) mass is 351 g/mol. The van der Waals surface area contributed by atoms with Crippen molar-refractivity contribution in [1.29, 1.82) is 0 Å². The van der Waals surface area contributed by atoms with E-state index in [2.05, 4.69) is 22.4 Å². The average molecular weight is 351 g/mol. The van der Waals surface area contributed by atoms with Gasteiger partial charge in [-0.15, -0.1) is 0 Å². The molecule has 0 saturated carbocycles. The molecule has 0 aliphatic rings. The second-order valence-electron chi connectivity index (χ2n) is 4.64. The molecule has 2 N–H and O–H groups in total. The number of alkyl halides is 3. The van der Waals surface area contributed by atoms with Crippen molar-refractivity contribution in [3.63, 3.8) is 0 Å². The summed E-state index contributed by atoms with van der Waals surface area (Å²) in [5.41, 5.74) is 3.18. The number of carbonyl (C=O) groups is 2. The smallest absolute Gasteiger partial charge is 0.416 e. The number of aromatic nitrogens is 1. The van der Waals surface area contributed by atoms with Gasteiger partial charge in [0.1, 0.15) is 11.4 Å². The molecular formula is C16H12F3N3O3.